The van der Waals surface area contributed by atoms with Crippen LogP contribution in [0.15, 0.2) is 47.5 Å². The fourth-order valence-electron chi connectivity index (χ4n) is 2.72. The lowest BCUT2D eigenvalue weighted by Gasteiger charge is -2.11. The second-order valence-electron chi connectivity index (χ2n) is 6.40. The molecule has 1 fully saturated rings. The van der Waals surface area contributed by atoms with Crippen LogP contribution in [0.25, 0.3) is 0 Å². The summed E-state index contributed by atoms with van der Waals surface area (Å²) in [7, 11) is 1.68. The normalized spacial score (nSPS) is 18.2. The Morgan fingerprint density at radius 3 is 2.74 bits per heavy atom. The predicted octanol–water partition coefficient (Wildman–Crippen LogP) is 4.55. The van der Waals surface area contributed by atoms with Crippen molar-refractivity contribution in [3.05, 3.63) is 58.6 Å². The lowest BCUT2D eigenvalue weighted by Crippen LogP contribution is -2.30. The molecule has 3 rings (SSSR count). The third-order valence-corrected chi connectivity index (χ3v) is 5.92. The molecule has 140 valence electrons. The van der Waals surface area contributed by atoms with E-state index < -0.39 is 5.25 Å². The number of aliphatic imine (C=N–C) groups is 1. The van der Waals surface area contributed by atoms with Gasteiger partial charge in [-0.3, -0.25) is 14.5 Å². The van der Waals surface area contributed by atoms with Crippen molar-refractivity contribution in [1.82, 2.24) is 4.90 Å². The average molecular weight is 402 g/mol. The number of hydrogen-bond donors (Lipinski definition) is 1. The third kappa shape index (κ3) is 4.51. The summed E-state index contributed by atoms with van der Waals surface area (Å²) >= 11 is 7.40. The minimum Gasteiger partial charge on any atom is -0.326 e. The van der Waals surface area contributed by atoms with Crippen molar-refractivity contribution in [3.63, 3.8) is 0 Å². The average Bonchev–Trinajstić information content (AvgIpc) is 2.87. The van der Waals surface area contributed by atoms with Gasteiger partial charge in [-0.1, -0.05) is 41.6 Å². The fourth-order valence-corrected chi connectivity index (χ4v) is 4.05. The van der Waals surface area contributed by atoms with E-state index in [4.69, 9.17) is 11.6 Å². The number of hydrogen-bond acceptors (Lipinski definition) is 4. The number of halogens is 1. The van der Waals surface area contributed by atoms with Crippen LogP contribution in [0.3, 0.4) is 0 Å². The van der Waals surface area contributed by atoms with Crippen LogP contribution in [0.5, 0.6) is 0 Å². The van der Waals surface area contributed by atoms with E-state index in [1.165, 1.54) is 16.7 Å². The number of thioether (sulfide) groups is 1. The van der Waals surface area contributed by atoms with E-state index in [-0.39, 0.29) is 18.2 Å². The molecule has 0 radical (unpaired) electrons. The number of carbonyl (C=O) groups excluding carboxylic acids is 2. The number of anilines is 1. The first-order valence-electron chi connectivity index (χ1n) is 8.49. The molecule has 0 spiro atoms. The zero-order valence-corrected chi connectivity index (χ0v) is 16.9. The summed E-state index contributed by atoms with van der Waals surface area (Å²) in [6.07, 6.45) is 0.0760. The van der Waals surface area contributed by atoms with Crippen molar-refractivity contribution >= 4 is 51.7 Å². The molecule has 2 aromatic carbocycles. The van der Waals surface area contributed by atoms with E-state index in [0.29, 0.717) is 15.9 Å². The SMILES string of the molecule is Cc1cccc(N=C2SC(CC(=O)Nc3cccc(Cl)c3C)C(=O)N2C)c1. The minimum atomic E-state index is -0.488. The van der Waals surface area contributed by atoms with E-state index in [1.54, 1.807) is 25.2 Å². The Hall–Kier alpha value is -2.31. The molecule has 7 heteroatoms. The Morgan fingerprint density at radius 2 is 2.00 bits per heavy atom. The van der Waals surface area contributed by atoms with Crippen molar-refractivity contribution in [2.24, 2.45) is 4.99 Å². The van der Waals surface area contributed by atoms with Crippen LogP contribution in [0.2, 0.25) is 5.02 Å². The number of aryl methyl sites for hydroxylation is 1. The van der Waals surface area contributed by atoms with Gasteiger partial charge in [0, 0.05) is 24.2 Å². The maximum atomic E-state index is 12.5. The molecule has 2 aromatic rings. The fraction of sp³-hybridized carbons (Fsp3) is 0.250. The molecule has 1 aliphatic rings. The summed E-state index contributed by atoms with van der Waals surface area (Å²) in [5, 5.41) is 3.54. The van der Waals surface area contributed by atoms with E-state index >= 15 is 0 Å². The molecular weight excluding hydrogens is 382 g/mol. The number of amides is 2. The zero-order valence-electron chi connectivity index (χ0n) is 15.3. The Kier molecular flexibility index (Phi) is 5.87. The van der Waals surface area contributed by atoms with Gasteiger partial charge in [-0.25, -0.2) is 4.99 Å². The standard InChI is InChI=1S/C20H20ClN3O2S/c1-12-6-4-7-14(10-12)22-20-24(3)19(26)17(27-20)11-18(25)23-16-9-5-8-15(21)13(16)2/h4-10,17H,11H2,1-3H3,(H,23,25). The highest BCUT2D eigenvalue weighted by Crippen LogP contribution is 2.31. The van der Waals surface area contributed by atoms with Gasteiger partial charge in [0.15, 0.2) is 5.17 Å². The summed E-state index contributed by atoms with van der Waals surface area (Å²) in [5.41, 5.74) is 3.35. The largest absolute Gasteiger partial charge is 0.326 e. The molecule has 1 aliphatic heterocycles. The molecule has 1 saturated heterocycles. The molecule has 5 nitrogen and oxygen atoms in total. The first-order chi connectivity index (χ1) is 12.8. The monoisotopic (exact) mass is 401 g/mol. The van der Waals surface area contributed by atoms with Crippen LogP contribution < -0.4 is 5.32 Å². The van der Waals surface area contributed by atoms with Crippen molar-refractivity contribution in [2.45, 2.75) is 25.5 Å². The zero-order chi connectivity index (χ0) is 19.6. The van der Waals surface area contributed by atoms with Gasteiger partial charge >= 0.3 is 0 Å². The summed E-state index contributed by atoms with van der Waals surface area (Å²) in [6, 6.07) is 13.1. The van der Waals surface area contributed by atoms with Gasteiger partial charge in [0.1, 0.15) is 5.25 Å². The van der Waals surface area contributed by atoms with Crippen LogP contribution in [0.1, 0.15) is 17.5 Å². The Bertz CT molecular complexity index is 929. The first kappa shape index (κ1) is 19.5. The lowest BCUT2D eigenvalue weighted by atomic mass is 10.2. The van der Waals surface area contributed by atoms with Crippen molar-refractivity contribution in [2.75, 3.05) is 12.4 Å². The molecule has 0 saturated carbocycles. The molecule has 1 atom stereocenters. The second-order valence-corrected chi connectivity index (χ2v) is 7.98. The van der Waals surface area contributed by atoms with Gasteiger partial charge < -0.3 is 5.32 Å². The van der Waals surface area contributed by atoms with Crippen LogP contribution in [0, 0.1) is 13.8 Å². The quantitative estimate of drug-likeness (QED) is 0.817. The molecule has 0 bridgehead atoms. The van der Waals surface area contributed by atoms with E-state index in [1.807, 2.05) is 38.1 Å². The minimum absolute atomic E-state index is 0.0760. The van der Waals surface area contributed by atoms with Gasteiger partial charge in [0.2, 0.25) is 11.8 Å². The molecule has 1 N–H and O–H groups in total. The van der Waals surface area contributed by atoms with Gasteiger partial charge in [-0.2, -0.15) is 0 Å². The third-order valence-electron chi connectivity index (χ3n) is 4.28. The van der Waals surface area contributed by atoms with Crippen molar-refractivity contribution in [3.8, 4) is 0 Å². The molecule has 1 unspecified atom stereocenters. The van der Waals surface area contributed by atoms with Gasteiger partial charge in [-0.05, 0) is 49.2 Å². The second kappa shape index (κ2) is 8.15. The van der Waals surface area contributed by atoms with Gasteiger partial charge in [0.05, 0.1) is 5.69 Å². The van der Waals surface area contributed by atoms with Gasteiger partial charge in [-0.15, -0.1) is 0 Å². The Balaban J connectivity index is 1.70. The van der Waals surface area contributed by atoms with Crippen molar-refractivity contribution in [1.29, 1.82) is 0 Å². The highest BCUT2D eigenvalue weighted by atomic mass is 35.5. The van der Waals surface area contributed by atoms with E-state index in [2.05, 4.69) is 10.3 Å². The number of rotatable bonds is 4. The maximum Gasteiger partial charge on any atom is 0.242 e. The topological polar surface area (TPSA) is 61.8 Å². The Morgan fingerprint density at radius 1 is 1.26 bits per heavy atom. The summed E-state index contributed by atoms with van der Waals surface area (Å²) in [6.45, 7) is 3.83. The number of carbonyl (C=O) groups is 2. The molecule has 27 heavy (non-hydrogen) atoms. The summed E-state index contributed by atoms with van der Waals surface area (Å²) in [5.74, 6) is -0.346. The summed E-state index contributed by atoms with van der Waals surface area (Å²) in [4.78, 5) is 31.0. The molecule has 0 aromatic heterocycles. The number of benzene rings is 2. The van der Waals surface area contributed by atoms with E-state index in [0.717, 1.165) is 16.8 Å². The van der Waals surface area contributed by atoms with Gasteiger partial charge in [0.25, 0.3) is 0 Å². The number of nitrogens with zero attached hydrogens (tertiary/aromatic N) is 2. The number of nitrogens with one attached hydrogen (secondary N) is 1. The van der Waals surface area contributed by atoms with E-state index in [9.17, 15) is 9.59 Å². The molecule has 0 aliphatic carbocycles. The number of amidine groups is 1. The predicted molar refractivity (Wildman–Crippen MR) is 112 cm³/mol. The van der Waals surface area contributed by atoms with Crippen LogP contribution in [-0.2, 0) is 9.59 Å². The van der Waals surface area contributed by atoms with Crippen LogP contribution >= 0.6 is 23.4 Å². The Labute approximate surface area is 167 Å². The lowest BCUT2D eigenvalue weighted by molar-refractivity contribution is -0.127. The van der Waals surface area contributed by atoms with Crippen molar-refractivity contribution < 1.29 is 9.59 Å². The van der Waals surface area contributed by atoms with Crippen LogP contribution in [-0.4, -0.2) is 34.2 Å². The highest BCUT2D eigenvalue weighted by Gasteiger charge is 2.37. The maximum absolute atomic E-state index is 12.5. The molecule has 1 heterocycles. The van der Waals surface area contributed by atoms with Crippen LogP contribution in [0.4, 0.5) is 11.4 Å². The smallest absolute Gasteiger partial charge is 0.242 e. The summed E-state index contributed by atoms with van der Waals surface area (Å²) < 4.78 is 0. The first-order valence-corrected chi connectivity index (χ1v) is 9.75. The highest BCUT2D eigenvalue weighted by molar-refractivity contribution is 8.15. The molecule has 2 amide bonds. The molecular formula is C20H20ClN3O2S.